The zero-order valence-corrected chi connectivity index (χ0v) is 74.4. The summed E-state index contributed by atoms with van der Waals surface area (Å²) in [7, 11) is 4.85. The first kappa shape index (κ1) is 84.7. The highest BCUT2D eigenvalue weighted by Gasteiger charge is 2.17. The van der Waals surface area contributed by atoms with Crippen molar-refractivity contribution in [3.8, 4) is 17.2 Å². The molecule has 14 aromatic carbocycles. The molecule has 606 valence electrons. The number of ether oxygens (including phenoxy) is 3. The van der Waals surface area contributed by atoms with Gasteiger partial charge in [-0.25, -0.2) is 0 Å². The van der Waals surface area contributed by atoms with Crippen molar-refractivity contribution in [3.63, 3.8) is 0 Å². The fraction of sp³-hybridized carbons (Fsp3) is 0.133. The Hall–Kier alpha value is -12.3. The highest BCUT2D eigenvalue weighted by Crippen LogP contribution is 2.36. The number of fused-ring (bicyclic) bond motifs is 14. The summed E-state index contributed by atoms with van der Waals surface area (Å²) in [6.45, 7) is 14.9. The Kier molecular flexibility index (Phi) is 26.2. The molecule has 0 bridgehead atoms. The van der Waals surface area contributed by atoms with Crippen LogP contribution in [-0.4, -0.2) is 21.3 Å². The molecular formula is C105H84O10S7. The van der Waals surface area contributed by atoms with E-state index in [9.17, 15) is 33.6 Å². The molecule has 7 aromatic heterocycles. The maximum atomic E-state index is 12.7. The van der Waals surface area contributed by atoms with Crippen LogP contribution in [0, 0.1) is 6.92 Å². The Morgan fingerprint density at radius 2 is 0.566 bits per heavy atom. The average Bonchev–Trinajstić information content (AvgIpc) is 0.775. The van der Waals surface area contributed by atoms with Crippen molar-refractivity contribution in [1.82, 2.24) is 0 Å². The molecule has 17 heteroatoms. The van der Waals surface area contributed by atoms with Crippen LogP contribution >= 0.6 is 79.4 Å². The molecule has 122 heavy (non-hydrogen) atoms. The zero-order valence-electron chi connectivity index (χ0n) is 68.7. The Morgan fingerprint density at radius 3 is 0.975 bits per heavy atom. The van der Waals surface area contributed by atoms with Crippen molar-refractivity contribution in [2.75, 3.05) is 21.3 Å². The molecule has 0 saturated heterocycles. The predicted molar refractivity (Wildman–Crippen MR) is 531 cm³/mol. The van der Waals surface area contributed by atoms with Crippen molar-refractivity contribution >= 4 is 221 Å². The number of rotatable bonds is 7. The van der Waals surface area contributed by atoms with Crippen LogP contribution in [0.5, 0.6) is 17.2 Å². The lowest BCUT2D eigenvalue weighted by atomic mass is 9.98. The van der Waals surface area contributed by atoms with Crippen molar-refractivity contribution in [3.05, 3.63) is 391 Å². The Morgan fingerprint density at radius 1 is 0.254 bits per heavy atom. The van der Waals surface area contributed by atoms with E-state index in [0.717, 1.165) is 177 Å². The third-order valence-corrected chi connectivity index (χ3v) is 29.4. The van der Waals surface area contributed by atoms with Gasteiger partial charge in [0, 0.05) is 141 Å². The van der Waals surface area contributed by atoms with Gasteiger partial charge in [-0.05, 0) is 230 Å². The first-order valence-electron chi connectivity index (χ1n) is 40.0. The summed E-state index contributed by atoms with van der Waals surface area (Å²) in [4.78, 5) is 86.7. The molecule has 0 radical (unpaired) electrons. The largest absolute Gasteiger partial charge is 0.497 e. The van der Waals surface area contributed by atoms with Gasteiger partial charge < -0.3 is 14.2 Å². The van der Waals surface area contributed by atoms with E-state index in [1.165, 1.54) is 22.3 Å². The monoisotopic (exact) mass is 1730 g/mol. The first-order valence-corrected chi connectivity index (χ1v) is 45.7. The first-order chi connectivity index (χ1) is 59.2. The van der Waals surface area contributed by atoms with E-state index in [0.29, 0.717) is 11.8 Å². The van der Waals surface area contributed by atoms with Gasteiger partial charge in [-0.3, -0.25) is 33.6 Å². The van der Waals surface area contributed by atoms with Crippen LogP contribution in [0.4, 0.5) is 0 Å². The average molecular weight is 1730 g/mol. The van der Waals surface area contributed by atoms with Gasteiger partial charge >= 0.3 is 0 Å². The molecule has 10 nitrogen and oxygen atoms in total. The SMILES string of the molecule is CC(C)c1ccc2sc3ccccc3c(=O)c2c1.CC(C)c1cccc2c(=O)c3ccccc3sc12.CCc1ccc2sc3ccccc3c(=O)c2c1CC.COc1ccc2c(=O)c3ccc(OC)cc3sc2c1.COc1ccc2sc3ccccc3c(=O)c2c1.Cc1ccc2sc3ccccc3c(=O)c2c1.O=c1c2ccccc2sc2ccccc12. The van der Waals surface area contributed by atoms with Crippen LogP contribution in [0.3, 0.4) is 0 Å². The van der Waals surface area contributed by atoms with Crippen molar-refractivity contribution in [2.24, 2.45) is 0 Å². The molecule has 0 aliphatic carbocycles. The normalized spacial score (nSPS) is 11.1. The van der Waals surface area contributed by atoms with Gasteiger partial charge in [0.15, 0.2) is 38.0 Å². The zero-order chi connectivity index (χ0) is 85.4. The van der Waals surface area contributed by atoms with E-state index in [4.69, 9.17) is 14.2 Å². The third-order valence-electron chi connectivity index (χ3n) is 21.3. The Balaban J connectivity index is 0.000000111. The van der Waals surface area contributed by atoms with Gasteiger partial charge in [0.05, 0.1) is 21.3 Å². The number of benzene rings is 14. The van der Waals surface area contributed by atoms with Gasteiger partial charge in [-0.1, -0.05) is 162 Å². The molecule has 21 aromatic rings. The van der Waals surface area contributed by atoms with E-state index in [1.54, 1.807) is 107 Å². The highest BCUT2D eigenvalue weighted by molar-refractivity contribution is 7.27. The summed E-state index contributed by atoms with van der Waals surface area (Å²) in [5, 5.41) is 11.4. The molecule has 0 fully saturated rings. The second kappa shape index (κ2) is 37.8. The molecule has 0 saturated carbocycles. The Labute approximate surface area is 730 Å². The standard InChI is InChI=1S/C17H16OS.2C16H14OS.C15H12O3S.C14H10O2S.C14H10OS.C13H8OS/c1-3-11-9-10-15-16(12(11)4-2)17(18)13-7-5-6-8-14(13)19-15;1-10(2)11-7-5-8-13-15(17)12-6-3-4-9-14(12)18-16(11)13;1-10(2)11-7-8-15-13(9-11)16(17)12-5-3-4-6-14(12)18-15;1-17-9-3-5-11-13(7-9)19-14-8-10(18-2)4-6-12(14)15(11)16;1-16-9-6-7-13-11(8-9)14(15)10-4-2-3-5-12(10)17-13;1-9-6-7-13-11(8-9)14(15)10-4-2-3-5-12(10)16-13;14-13-9-5-1-3-7-11(9)15-12-8-4-2-6-10(12)13/h5-10H,3-4H2,1-2H3;2*3-10H,1-2H3;3-8H,1-2H3;2-8H,1H3;2-8H,1H3;1-8H. The highest BCUT2D eigenvalue weighted by atomic mass is 32.1. The van der Waals surface area contributed by atoms with Crippen molar-refractivity contribution < 1.29 is 14.2 Å². The van der Waals surface area contributed by atoms with E-state index in [-0.39, 0.29) is 38.0 Å². The fourth-order valence-corrected chi connectivity index (χ4v) is 22.7. The summed E-state index contributed by atoms with van der Waals surface area (Å²) in [6.07, 6.45) is 1.90. The number of methoxy groups -OCH3 is 3. The van der Waals surface area contributed by atoms with Crippen LogP contribution in [0.15, 0.2) is 325 Å². The Bertz CT molecular complexity index is 7900. The molecule has 7 heterocycles. The lowest BCUT2D eigenvalue weighted by Crippen LogP contribution is -2.06. The molecule has 0 unspecified atom stereocenters. The minimum atomic E-state index is 0.0501. The van der Waals surface area contributed by atoms with Crippen molar-refractivity contribution in [1.29, 1.82) is 0 Å². The maximum Gasteiger partial charge on any atom is 0.196 e. The second-order valence-electron chi connectivity index (χ2n) is 29.6. The van der Waals surface area contributed by atoms with Gasteiger partial charge in [-0.15, -0.1) is 79.4 Å². The maximum absolute atomic E-state index is 12.7. The molecule has 0 aliphatic rings. The number of aryl methyl sites for hydroxylation is 3. The second-order valence-corrected chi connectivity index (χ2v) is 37.2. The van der Waals surface area contributed by atoms with E-state index in [1.807, 2.05) is 262 Å². The predicted octanol–water partition coefficient (Wildman–Crippen LogP) is 27.6. The molecule has 0 amide bonds. The van der Waals surface area contributed by atoms with E-state index < -0.39 is 0 Å². The fourth-order valence-electron chi connectivity index (χ4n) is 14.9. The number of hydrogen-bond acceptors (Lipinski definition) is 17. The molecule has 0 aliphatic heterocycles. The summed E-state index contributed by atoms with van der Waals surface area (Å²) >= 11 is 11.7. The van der Waals surface area contributed by atoms with Crippen LogP contribution in [0.25, 0.3) is 141 Å². The third kappa shape index (κ3) is 17.8. The molecular weight excluding hydrogens is 1650 g/mol. The molecule has 21 rings (SSSR count). The molecule has 0 atom stereocenters. The van der Waals surface area contributed by atoms with Crippen LogP contribution in [-0.2, 0) is 12.8 Å². The van der Waals surface area contributed by atoms with Gasteiger partial charge in [0.2, 0.25) is 0 Å². The summed E-state index contributed by atoms with van der Waals surface area (Å²) in [5.41, 5.74) is 7.06. The number of hydrogen-bond donors (Lipinski definition) is 0. The molecule has 0 spiro atoms. The molecule has 0 N–H and O–H groups in total. The minimum Gasteiger partial charge on any atom is -0.497 e. The summed E-state index contributed by atoms with van der Waals surface area (Å²) in [6, 6.07) is 93.8. The van der Waals surface area contributed by atoms with E-state index >= 15 is 0 Å². The topological polar surface area (TPSA) is 147 Å². The van der Waals surface area contributed by atoms with Crippen molar-refractivity contribution in [2.45, 2.75) is 73.1 Å². The summed E-state index contributed by atoms with van der Waals surface area (Å²) < 4.78 is 30.2. The van der Waals surface area contributed by atoms with E-state index in [2.05, 4.69) is 71.9 Å². The quantitative estimate of drug-likeness (QED) is 0.141. The van der Waals surface area contributed by atoms with Gasteiger partial charge in [0.25, 0.3) is 0 Å². The van der Waals surface area contributed by atoms with Gasteiger partial charge in [0.1, 0.15) is 17.2 Å². The van der Waals surface area contributed by atoms with Crippen LogP contribution in [0.1, 0.15) is 81.2 Å². The lowest BCUT2D eigenvalue weighted by Gasteiger charge is -2.10. The minimum absolute atomic E-state index is 0.0501. The van der Waals surface area contributed by atoms with Crippen LogP contribution in [0.2, 0.25) is 0 Å². The lowest BCUT2D eigenvalue weighted by molar-refractivity contribution is 0.415. The van der Waals surface area contributed by atoms with Crippen LogP contribution < -0.4 is 52.2 Å². The van der Waals surface area contributed by atoms with Gasteiger partial charge in [-0.2, -0.15) is 0 Å². The summed E-state index contributed by atoms with van der Waals surface area (Å²) in [5.74, 6) is 3.11. The smallest absolute Gasteiger partial charge is 0.196 e.